The average molecular weight is 567 g/mol. The number of carbonyl (C=O) groups is 1. The van der Waals surface area contributed by atoms with Gasteiger partial charge < -0.3 is 14.0 Å². The maximum Gasteiger partial charge on any atom is 0.416 e. The Balaban J connectivity index is 1.57. The van der Waals surface area contributed by atoms with Crippen LogP contribution in [-0.4, -0.2) is 32.8 Å². The first-order valence-corrected chi connectivity index (χ1v) is 11.7. The molecule has 4 aromatic rings. The zero-order valence-electron chi connectivity index (χ0n) is 20.1. The molecule has 0 unspecified atom stereocenters. The number of hydrogen-bond donors (Lipinski definition) is 1. The van der Waals surface area contributed by atoms with Gasteiger partial charge in [-0.15, -0.1) is 5.10 Å². The molecule has 1 N–H and O–H groups in total. The van der Waals surface area contributed by atoms with Gasteiger partial charge in [0, 0.05) is 42.2 Å². The highest BCUT2D eigenvalue weighted by atomic mass is 32.1. The number of pyridine rings is 2. The lowest BCUT2D eigenvalue weighted by Crippen LogP contribution is -2.22. The van der Waals surface area contributed by atoms with Crippen molar-refractivity contribution in [1.29, 1.82) is 0 Å². The number of hydrogen-bond acceptors (Lipinski definition) is 8. The van der Waals surface area contributed by atoms with E-state index < -0.39 is 29.6 Å². The molecule has 0 saturated carbocycles. The predicted molar refractivity (Wildman–Crippen MR) is 130 cm³/mol. The van der Waals surface area contributed by atoms with E-state index in [0.29, 0.717) is 5.56 Å². The lowest BCUT2D eigenvalue weighted by atomic mass is 9.98. The third-order valence-corrected chi connectivity index (χ3v) is 6.10. The number of halogens is 5. The maximum absolute atomic E-state index is 13.4. The fraction of sp³-hybridized carbons (Fsp3) is 0.208. The van der Waals surface area contributed by atoms with Crippen LogP contribution in [-0.2, 0) is 19.8 Å². The molecule has 0 aliphatic rings. The SMILES string of the molecule is COc1ccc(C(F)(F)F)cc1-c1cn(C)c(=O)cc1C(=O)Nc1nnc(OCc2ccc(C(F)F)nc2)s1. The first kappa shape index (κ1) is 27.6. The van der Waals surface area contributed by atoms with E-state index in [1.54, 1.807) is 0 Å². The van der Waals surface area contributed by atoms with Gasteiger partial charge in [-0.05, 0) is 35.6 Å². The first-order chi connectivity index (χ1) is 18.5. The van der Waals surface area contributed by atoms with E-state index in [-0.39, 0.29) is 45.1 Å². The molecule has 0 saturated heterocycles. The normalized spacial score (nSPS) is 11.5. The first-order valence-electron chi connectivity index (χ1n) is 10.9. The molecule has 0 atom stereocenters. The Hall–Kier alpha value is -4.40. The summed E-state index contributed by atoms with van der Waals surface area (Å²) in [6.45, 7) is -0.0622. The van der Waals surface area contributed by atoms with Crippen molar-refractivity contribution in [1.82, 2.24) is 19.7 Å². The third kappa shape index (κ3) is 6.37. The van der Waals surface area contributed by atoms with E-state index in [9.17, 15) is 31.5 Å². The Kier molecular flexibility index (Phi) is 7.90. The molecule has 4 rings (SSSR count). The molecule has 39 heavy (non-hydrogen) atoms. The second kappa shape index (κ2) is 11.1. The van der Waals surface area contributed by atoms with Crippen LogP contribution in [0.2, 0.25) is 0 Å². The smallest absolute Gasteiger partial charge is 0.416 e. The van der Waals surface area contributed by atoms with Crippen LogP contribution in [0.3, 0.4) is 0 Å². The maximum atomic E-state index is 13.4. The number of nitrogens with zero attached hydrogens (tertiary/aromatic N) is 4. The van der Waals surface area contributed by atoms with Gasteiger partial charge in [-0.25, -0.2) is 8.78 Å². The Morgan fingerprint density at radius 1 is 1.13 bits per heavy atom. The van der Waals surface area contributed by atoms with Crippen molar-refractivity contribution < 1.29 is 36.2 Å². The van der Waals surface area contributed by atoms with Crippen molar-refractivity contribution >= 4 is 22.4 Å². The van der Waals surface area contributed by atoms with Gasteiger partial charge in [0.05, 0.1) is 18.2 Å². The quantitative estimate of drug-likeness (QED) is 0.296. The summed E-state index contributed by atoms with van der Waals surface area (Å²) in [5.74, 6) is -0.782. The molecular formula is C24H18F5N5O4S. The van der Waals surface area contributed by atoms with Crippen LogP contribution in [0, 0.1) is 0 Å². The highest BCUT2D eigenvalue weighted by Gasteiger charge is 2.32. The molecule has 1 aromatic carbocycles. The van der Waals surface area contributed by atoms with E-state index in [1.807, 2.05) is 0 Å². The highest BCUT2D eigenvalue weighted by Crippen LogP contribution is 2.38. The van der Waals surface area contributed by atoms with Crippen LogP contribution in [0.1, 0.15) is 33.6 Å². The summed E-state index contributed by atoms with van der Waals surface area (Å²) in [4.78, 5) is 29.1. The van der Waals surface area contributed by atoms with E-state index in [0.717, 1.165) is 46.2 Å². The number of benzene rings is 1. The predicted octanol–water partition coefficient (Wildman–Crippen LogP) is 5.10. The fourth-order valence-corrected chi connectivity index (χ4v) is 4.00. The van der Waals surface area contributed by atoms with Gasteiger partial charge >= 0.3 is 6.18 Å². The fourth-order valence-electron chi connectivity index (χ4n) is 3.41. The zero-order valence-corrected chi connectivity index (χ0v) is 20.9. The Bertz CT molecular complexity index is 1550. The van der Waals surface area contributed by atoms with E-state index >= 15 is 0 Å². The number of methoxy groups -OCH3 is 1. The number of carbonyl (C=O) groups excluding carboxylic acids is 1. The van der Waals surface area contributed by atoms with Gasteiger partial charge in [0.2, 0.25) is 5.13 Å². The Morgan fingerprint density at radius 2 is 1.90 bits per heavy atom. The summed E-state index contributed by atoms with van der Waals surface area (Å²) in [7, 11) is 2.65. The molecule has 0 bridgehead atoms. The summed E-state index contributed by atoms with van der Waals surface area (Å²) in [6.07, 6.45) is -4.90. The molecule has 3 heterocycles. The van der Waals surface area contributed by atoms with Crippen molar-refractivity contribution in [2.24, 2.45) is 7.05 Å². The van der Waals surface area contributed by atoms with Crippen molar-refractivity contribution in [2.75, 3.05) is 12.4 Å². The van der Waals surface area contributed by atoms with Gasteiger partial charge in [-0.1, -0.05) is 11.2 Å². The van der Waals surface area contributed by atoms with Crippen LogP contribution in [0.15, 0.2) is 53.6 Å². The minimum absolute atomic E-state index is 0.0123. The summed E-state index contributed by atoms with van der Waals surface area (Å²) in [5.41, 5.74) is -1.71. The second-order valence-electron chi connectivity index (χ2n) is 7.97. The molecule has 0 aliphatic carbocycles. The minimum Gasteiger partial charge on any atom is -0.496 e. The largest absolute Gasteiger partial charge is 0.496 e. The third-order valence-electron chi connectivity index (χ3n) is 5.35. The van der Waals surface area contributed by atoms with Gasteiger partial charge in [0.25, 0.3) is 23.1 Å². The van der Waals surface area contributed by atoms with Gasteiger partial charge in [0.1, 0.15) is 18.1 Å². The standard InChI is InChI=1S/C24H18F5N5O4S/c1-34-10-16(14-7-13(24(27,28)29)4-6-18(14)37-2)15(8-19(34)35)21(36)31-22-32-33-23(39-22)38-11-12-3-5-17(20(25)26)30-9-12/h3-10,20H,11H2,1-2H3,(H,31,32,36). The Labute approximate surface area is 220 Å². The number of alkyl halides is 5. The van der Waals surface area contributed by atoms with Crippen LogP contribution in [0.25, 0.3) is 11.1 Å². The van der Waals surface area contributed by atoms with E-state index in [4.69, 9.17) is 9.47 Å². The lowest BCUT2D eigenvalue weighted by molar-refractivity contribution is -0.137. The van der Waals surface area contributed by atoms with Crippen molar-refractivity contribution in [3.63, 3.8) is 0 Å². The topological polar surface area (TPSA) is 108 Å². The van der Waals surface area contributed by atoms with Gasteiger partial charge in [-0.2, -0.15) is 13.2 Å². The molecule has 9 nitrogen and oxygen atoms in total. The molecule has 1 amide bonds. The second-order valence-corrected chi connectivity index (χ2v) is 8.91. The number of aromatic nitrogens is 4. The summed E-state index contributed by atoms with van der Waals surface area (Å²) in [6, 6.07) is 6.35. The van der Waals surface area contributed by atoms with E-state index in [1.165, 1.54) is 32.6 Å². The minimum atomic E-state index is -4.66. The average Bonchev–Trinajstić information content (AvgIpc) is 3.35. The van der Waals surface area contributed by atoms with Crippen LogP contribution >= 0.6 is 11.3 Å². The number of aryl methyl sites for hydroxylation is 1. The zero-order chi connectivity index (χ0) is 28.3. The molecule has 204 valence electrons. The summed E-state index contributed by atoms with van der Waals surface area (Å²) in [5, 5.41) is 10.0. The van der Waals surface area contributed by atoms with Crippen LogP contribution in [0.4, 0.5) is 27.1 Å². The van der Waals surface area contributed by atoms with Crippen molar-refractivity contribution in [3.05, 3.63) is 81.5 Å². The van der Waals surface area contributed by atoms with Crippen molar-refractivity contribution in [3.8, 4) is 22.1 Å². The van der Waals surface area contributed by atoms with Crippen LogP contribution in [0.5, 0.6) is 10.9 Å². The molecule has 0 spiro atoms. The van der Waals surface area contributed by atoms with Gasteiger partial charge in [-0.3, -0.25) is 19.9 Å². The molecular weight excluding hydrogens is 549 g/mol. The highest BCUT2D eigenvalue weighted by molar-refractivity contribution is 7.17. The van der Waals surface area contributed by atoms with E-state index in [2.05, 4.69) is 20.5 Å². The number of amides is 1. The van der Waals surface area contributed by atoms with Crippen LogP contribution < -0.4 is 20.3 Å². The Morgan fingerprint density at radius 3 is 2.54 bits per heavy atom. The monoisotopic (exact) mass is 567 g/mol. The van der Waals surface area contributed by atoms with Gasteiger partial charge in [0.15, 0.2) is 0 Å². The lowest BCUT2D eigenvalue weighted by Gasteiger charge is -2.16. The van der Waals surface area contributed by atoms with Crippen molar-refractivity contribution in [2.45, 2.75) is 19.2 Å². The molecule has 3 aromatic heterocycles. The molecule has 0 aliphatic heterocycles. The molecule has 0 radical (unpaired) electrons. The number of nitrogens with one attached hydrogen (secondary N) is 1. The molecule has 15 heteroatoms. The summed E-state index contributed by atoms with van der Waals surface area (Å²) < 4.78 is 77.2. The number of ether oxygens (including phenoxy) is 2. The molecule has 0 fully saturated rings. The number of rotatable bonds is 8. The summed E-state index contributed by atoms with van der Waals surface area (Å²) >= 11 is 0.832. The number of anilines is 1.